The van der Waals surface area contributed by atoms with Gasteiger partial charge in [-0.3, -0.25) is 4.79 Å². The van der Waals surface area contributed by atoms with Gasteiger partial charge in [-0.15, -0.1) is 10.2 Å². The molecule has 5 nitrogen and oxygen atoms in total. The summed E-state index contributed by atoms with van der Waals surface area (Å²) in [5, 5.41) is 12.6. The molecule has 6 heteroatoms. The maximum atomic E-state index is 12.2. The molecule has 2 aromatic rings. The largest absolute Gasteiger partial charge is 0.325 e. The van der Waals surface area contributed by atoms with E-state index in [-0.39, 0.29) is 5.91 Å². The average Bonchev–Trinajstić information content (AvgIpc) is 3.52. The first-order valence-corrected chi connectivity index (χ1v) is 9.69. The van der Waals surface area contributed by atoms with Crippen molar-refractivity contribution in [3.05, 3.63) is 35.7 Å². The Hall–Kier alpha value is -1.82. The minimum atomic E-state index is 0.00609. The monoisotopic (exact) mass is 342 g/mol. The van der Waals surface area contributed by atoms with Crippen LogP contribution in [0.2, 0.25) is 0 Å². The number of nitrogens with one attached hydrogen (secondary N) is 1. The van der Waals surface area contributed by atoms with Crippen LogP contribution in [0.3, 0.4) is 0 Å². The second-order valence-corrected chi connectivity index (χ2v) is 7.55. The van der Waals surface area contributed by atoms with Gasteiger partial charge in [0.2, 0.25) is 5.91 Å². The molecule has 1 amide bonds. The second-order valence-electron chi connectivity index (χ2n) is 6.61. The Kier molecular flexibility index (Phi) is 4.31. The van der Waals surface area contributed by atoms with E-state index in [2.05, 4.69) is 33.1 Å². The van der Waals surface area contributed by atoms with Crippen LogP contribution < -0.4 is 5.32 Å². The molecule has 1 heterocycles. The topological polar surface area (TPSA) is 59.8 Å². The summed E-state index contributed by atoms with van der Waals surface area (Å²) in [6.07, 6.45) is 5.84. The molecule has 0 atom stereocenters. The lowest BCUT2D eigenvalue weighted by molar-refractivity contribution is -0.113. The van der Waals surface area contributed by atoms with Crippen molar-refractivity contribution in [3.63, 3.8) is 0 Å². The van der Waals surface area contributed by atoms with Gasteiger partial charge in [0.25, 0.3) is 0 Å². The van der Waals surface area contributed by atoms with Crippen molar-refractivity contribution in [1.82, 2.24) is 14.8 Å². The summed E-state index contributed by atoms with van der Waals surface area (Å²) in [4.78, 5) is 12.2. The van der Waals surface area contributed by atoms with E-state index in [0.29, 0.717) is 17.7 Å². The third kappa shape index (κ3) is 3.48. The highest BCUT2D eigenvalue weighted by Gasteiger charge is 2.36. The molecule has 4 rings (SSSR count). The van der Waals surface area contributed by atoms with Crippen LogP contribution in [0.25, 0.3) is 0 Å². The number of nitrogens with zero attached hydrogens (tertiary/aromatic N) is 3. The lowest BCUT2D eigenvalue weighted by atomic mass is 10.1. The predicted octanol–water partition coefficient (Wildman–Crippen LogP) is 3.78. The lowest BCUT2D eigenvalue weighted by Gasteiger charge is -2.09. The smallest absolute Gasteiger partial charge is 0.234 e. The zero-order valence-electron chi connectivity index (χ0n) is 13.9. The van der Waals surface area contributed by atoms with E-state index < -0.39 is 0 Å². The molecule has 0 aliphatic heterocycles. The SMILES string of the molecule is CCc1cccc(NC(=O)CSc2nnc(C3CC3)n2C2CC2)c1. The van der Waals surface area contributed by atoms with E-state index in [9.17, 15) is 4.79 Å². The van der Waals surface area contributed by atoms with Gasteiger partial charge in [-0.2, -0.15) is 0 Å². The zero-order valence-corrected chi connectivity index (χ0v) is 14.7. The molecule has 1 N–H and O–H groups in total. The van der Waals surface area contributed by atoms with Crippen molar-refractivity contribution in [2.24, 2.45) is 0 Å². The van der Waals surface area contributed by atoms with Crippen molar-refractivity contribution >= 4 is 23.4 Å². The third-order valence-corrected chi connectivity index (χ3v) is 5.44. The van der Waals surface area contributed by atoms with Gasteiger partial charge < -0.3 is 9.88 Å². The first kappa shape index (κ1) is 15.7. The number of amides is 1. The Labute approximate surface area is 146 Å². The van der Waals surface area contributed by atoms with Crippen molar-refractivity contribution in [2.45, 2.75) is 56.1 Å². The summed E-state index contributed by atoms with van der Waals surface area (Å²) in [7, 11) is 0. The molecule has 0 spiro atoms. The van der Waals surface area contributed by atoms with Gasteiger partial charge in [0.1, 0.15) is 5.82 Å². The number of aromatic nitrogens is 3. The minimum Gasteiger partial charge on any atom is -0.325 e. The van der Waals surface area contributed by atoms with Crippen LogP contribution in [-0.4, -0.2) is 26.4 Å². The molecule has 24 heavy (non-hydrogen) atoms. The predicted molar refractivity (Wildman–Crippen MR) is 95.4 cm³/mol. The molecule has 2 saturated carbocycles. The van der Waals surface area contributed by atoms with Crippen LogP contribution in [0.4, 0.5) is 5.69 Å². The van der Waals surface area contributed by atoms with Crippen molar-refractivity contribution in [2.75, 3.05) is 11.1 Å². The number of benzene rings is 1. The highest BCUT2D eigenvalue weighted by molar-refractivity contribution is 7.99. The number of hydrogen-bond donors (Lipinski definition) is 1. The average molecular weight is 342 g/mol. The fourth-order valence-electron chi connectivity index (χ4n) is 2.88. The summed E-state index contributed by atoms with van der Waals surface area (Å²) in [6, 6.07) is 8.57. The molecule has 0 saturated heterocycles. The Morgan fingerprint density at radius 2 is 2.12 bits per heavy atom. The first-order valence-electron chi connectivity index (χ1n) is 8.71. The van der Waals surface area contributed by atoms with Crippen LogP contribution >= 0.6 is 11.8 Å². The molecular weight excluding hydrogens is 320 g/mol. The van der Waals surface area contributed by atoms with Crippen LogP contribution in [0, 0.1) is 0 Å². The van der Waals surface area contributed by atoms with Gasteiger partial charge in [0, 0.05) is 17.6 Å². The van der Waals surface area contributed by atoms with Crippen LogP contribution in [0.15, 0.2) is 29.4 Å². The number of thioether (sulfide) groups is 1. The highest BCUT2D eigenvalue weighted by atomic mass is 32.2. The lowest BCUT2D eigenvalue weighted by Crippen LogP contribution is -2.14. The Balaban J connectivity index is 1.39. The first-order chi connectivity index (χ1) is 11.7. The summed E-state index contributed by atoms with van der Waals surface area (Å²) >= 11 is 1.50. The van der Waals surface area contributed by atoms with Crippen molar-refractivity contribution < 1.29 is 4.79 Å². The van der Waals surface area contributed by atoms with Gasteiger partial charge in [0.05, 0.1) is 5.75 Å². The van der Waals surface area contributed by atoms with E-state index in [1.807, 2.05) is 18.2 Å². The maximum Gasteiger partial charge on any atom is 0.234 e. The van der Waals surface area contributed by atoms with Crippen LogP contribution in [0.1, 0.15) is 56.0 Å². The number of anilines is 1. The molecule has 2 aliphatic carbocycles. The quantitative estimate of drug-likeness (QED) is 0.778. The van der Waals surface area contributed by atoms with E-state index in [1.165, 1.54) is 43.0 Å². The number of hydrogen-bond acceptors (Lipinski definition) is 4. The molecule has 126 valence electrons. The molecule has 0 unspecified atom stereocenters. The highest BCUT2D eigenvalue weighted by Crippen LogP contribution is 2.45. The standard InChI is InChI=1S/C18H22N4OS/c1-2-12-4-3-5-14(10-12)19-16(23)11-24-18-21-20-17(13-6-7-13)22(18)15-8-9-15/h3-5,10,13,15H,2,6-9,11H2,1H3,(H,19,23). The minimum absolute atomic E-state index is 0.00609. The van der Waals surface area contributed by atoms with Gasteiger partial charge in [0.15, 0.2) is 5.16 Å². The Bertz CT molecular complexity index is 749. The van der Waals surface area contributed by atoms with E-state index in [4.69, 9.17) is 0 Å². The fourth-order valence-corrected chi connectivity index (χ4v) is 3.69. The summed E-state index contributed by atoms with van der Waals surface area (Å²) in [5.74, 6) is 2.10. The van der Waals surface area contributed by atoms with E-state index >= 15 is 0 Å². The van der Waals surface area contributed by atoms with Gasteiger partial charge in [-0.25, -0.2) is 0 Å². The summed E-state index contributed by atoms with van der Waals surface area (Å²) in [5.41, 5.74) is 2.09. The maximum absolute atomic E-state index is 12.2. The molecule has 1 aromatic carbocycles. The number of carbonyl (C=O) groups is 1. The number of rotatable bonds is 7. The molecule has 2 aliphatic rings. The zero-order chi connectivity index (χ0) is 16.5. The van der Waals surface area contributed by atoms with Gasteiger partial charge >= 0.3 is 0 Å². The molecule has 2 fully saturated rings. The van der Waals surface area contributed by atoms with Gasteiger partial charge in [-0.1, -0.05) is 30.8 Å². The summed E-state index contributed by atoms with van der Waals surface area (Å²) < 4.78 is 2.29. The molecule has 0 bridgehead atoms. The van der Waals surface area contributed by atoms with Crippen LogP contribution in [0.5, 0.6) is 0 Å². The summed E-state index contributed by atoms with van der Waals surface area (Å²) in [6.45, 7) is 2.11. The van der Waals surface area contributed by atoms with Gasteiger partial charge in [-0.05, 0) is 49.8 Å². The van der Waals surface area contributed by atoms with Crippen LogP contribution in [-0.2, 0) is 11.2 Å². The number of carbonyl (C=O) groups excluding carboxylic acids is 1. The Morgan fingerprint density at radius 3 is 2.83 bits per heavy atom. The van der Waals surface area contributed by atoms with Crippen molar-refractivity contribution in [3.8, 4) is 0 Å². The second kappa shape index (κ2) is 6.59. The number of aryl methyl sites for hydroxylation is 1. The third-order valence-electron chi connectivity index (χ3n) is 4.50. The molecule has 1 aromatic heterocycles. The fraction of sp³-hybridized carbons (Fsp3) is 0.500. The normalized spacial score (nSPS) is 17.0. The molecular formula is C18H22N4OS. The van der Waals surface area contributed by atoms with Crippen molar-refractivity contribution in [1.29, 1.82) is 0 Å². The van der Waals surface area contributed by atoms with E-state index in [1.54, 1.807) is 0 Å². The van der Waals surface area contributed by atoms with E-state index in [0.717, 1.165) is 23.1 Å². The molecule has 0 radical (unpaired) electrons. The Morgan fingerprint density at radius 1 is 1.29 bits per heavy atom.